The fourth-order valence-corrected chi connectivity index (χ4v) is 4.23. The van der Waals surface area contributed by atoms with Crippen molar-refractivity contribution in [2.24, 2.45) is 5.10 Å². The molecular formula is C20H25N3O3S. The van der Waals surface area contributed by atoms with Crippen LogP contribution in [-0.4, -0.2) is 32.8 Å². The number of hydrogen-bond donors (Lipinski definition) is 1. The van der Waals surface area contributed by atoms with Crippen molar-refractivity contribution in [1.29, 1.82) is 0 Å². The van der Waals surface area contributed by atoms with Gasteiger partial charge in [-0.25, -0.2) is 13.8 Å². The number of benzene rings is 2. The third-order valence-electron chi connectivity index (χ3n) is 4.74. The van der Waals surface area contributed by atoms with Crippen LogP contribution in [-0.2, 0) is 14.8 Å². The molecule has 1 N–H and O–H groups in total. The van der Waals surface area contributed by atoms with Gasteiger partial charge in [0.2, 0.25) is 10.0 Å². The van der Waals surface area contributed by atoms with E-state index in [0.29, 0.717) is 5.69 Å². The maximum atomic E-state index is 12.4. The zero-order chi connectivity index (χ0) is 19.3. The van der Waals surface area contributed by atoms with Crippen LogP contribution in [0.2, 0.25) is 0 Å². The van der Waals surface area contributed by atoms with Gasteiger partial charge in [0.25, 0.3) is 5.91 Å². The number of rotatable bonds is 5. The molecule has 0 heterocycles. The number of carbonyl (C=O) groups is 1. The quantitative estimate of drug-likeness (QED) is 0.630. The van der Waals surface area contributed by atoms with Gasteiger partial charge >= 0.3 is 0 Å². The molecule has 144 valence electrons. The Morgan fingerprint density at radius 1 is 1.04 bits per heavy atom. The van der Waals surface area contributed by atoms with E-state index in [2.05, 4.69) is 10.5 Å². The molecule has 0 aromatic heterocycles. The van der Waals surface area contributed by atoms with Crippen LogP contribution in [0.5, 0.6) is 0 Å². The number of nitrogens with one attached hydrogen (secondary N) is 1. The number of hydrazone groups is 1. The lowest BCUT2D eigenvalue weighted by Gasteiger charge is -2.23. The van der Waals surface area contributed by atoms with E-state index < -0.39 is 15.9 Å². The molecule has 2 aromatic carbocycles. The van der Waals surface area contributed by atoms with E-state index in [-0.39, 0.29) is 6.54 Å². The molecule has 1 saturated carbocycles. The fraction of sp³-hybridized carbons (Fsp3) is 0.400. The van der Waals surface area contributed by atoms with Crippen molar-refractivity contribution in [3.8, 4) is 0 Å². The second-order valence-electron chi connectivity index (χ2n) is 6.90. The molecule has 6 nitrogen and oxygen atoms in total. The second-order valence-corrected chi connectivity index (χ2v) is 8.80. The van der Waals surface area contributed by atoms with Gasteiger partial charge < -0.3 is 0 Å². The van der Waals surface area contributed by atoms with E-state index in [4.69, 9.17) is 0 Å². The molecule has 7 heteroatoms. The number of anilines is 1. The molecule has 1 aliphatic carbocycles. The smallest absolute Gasteiger partial charge is 0.260 e. The van der Waals surface area contributed by atoms with Gasteiger partial charge in [-0.05, 0) is 37.1 Å². The molecule has 27 heavy (non-hydrogen) atoms. The third kappa shape index (κ3) is 5.07. The number of amides is 1. The lowest BCUT2D eigenvalue weighted by atomic mass is 10.1. The van der Waals surface area contributed by atoms with Gasteiger partial charge in [0.05, 0.1) is 11.9 Å². The van der Waals surface area contributed by atoms with Crippen molar-refractivity contribution in [1.82, 2.24) is 5.43 Å². The minimum Gasteiger partial charge on any atom is -0.271 e. The minimum absolute atomic E-state index is 0.302. The van der Waals surface area contributed by atoms with Crippen molar-refractivity contribution in [3.63, 3.8) is 0 Å². The maximum absolute atomic E-state index is 12.4. The number of nitrogens with zero attached hydrogens (tertiary/aromatic N) is 2. The van der Waals surface area contributed by atoms with Gasteiger partial charge in [-0.15, -0.1) is 0 Å². The molecule has 0 unspecified atom stereocenters. The number of fused-ring (bicyclic) bond motifs is 1. The van der Waals surface area contributed by atoms with E-state index in [1.807, 2.05) is 30.3 Å². The summed E-state index contributed by atoms with van der Waals surface area (Å²) in [7, 11) is -3.63. The maximum Gasteiger partial charge on any atom is 0.260 e. The van der Waals surface area contributed by atoms with E-state index >= 15 is 0 Å². The number of sulfonamides is 1. The standard InChI is InChI=1S/C20H25N3O3S/c1-27(25,26)23(19-14-8-10-16-9-6-7-13-18(16)19)15-20(24)22-21-17-11-4-2-3-5-12-17/h6-10,13-14H,2-5,11-12,15H2,1H3,(H,22,24). The van der Waals surface area contributed by atoms with Gasteiger partial charge in [0, 0.05) is 11.1 Å². The highest BCUT2D eigenvalue weighted by molar-refractivity contribution is 7.92. The van der Waals surface area contributed by atoms with Crippen LogP contribution < -0.4 is 9.73 Å². The van der Waals surface area contributed by atoms with Gasteiger partial charge in [-0.3, -0.25) is 9.10 Å². The van der Waals surface area contributed by atoms with Crippen molar-refractivity contribution >= 4 is 38.1 Å². The summed E-state index contributed by atoms with van der Waals surface area (Å²) in [5.74, 6) is -0.440. The summed E-state index contributed by atoms with van der Waals surface area (Å²) in [6.45, 7) is -0.302. The first-order valence-corrected chi connectivity index (χ1v) is 11.1. The number of hydrogen-bond acceptors (Lipinski definition) is 4. The van der Waals surface area contributed by atoms with E-state index in [1.165, 1.54) is 12.8 Å². The molecule has 0 bridgehead atoms. The Labute approximate surface area is 160 Å². The Morgan fingerprint density at radius 2 is 1.70 bits per heavy atom. The molecule has 0 spiro atoms. The topological polar surface area (TPSA) is 78.8 Å². The summed E-state index contributed by atoms with van der Waals surface area (Å²) in [5.41, 5.74) is 4.02. The molecule has 0 saturated heterocycles. The van der Waals surface area contributed by atoms with Crippen LogP contribution >= 0.6 is 0 Å². The van der Waals surface area contributed by atoms with Crippen LogP contribution in [0.25, 0.3) is 10.8 Å². The van der Waals surface area contributed by atoms with Crippen LogP contribution in [0.4, 0.5) is 5.69 Å². The average molecular weight is 388 g/mol. The highest BCUT2D eigenvalue weighted by Crippen LogP contribution is 2.28. The van der Waals surface area contributed by atoms with Crippen LogP contribution in [0.1, 0.15) is 38.5 Å². The van der Waals surface area contributed by atoms with Crippen molar-refractivity contribution in [2.45, 2.75) is 38.5 Å². The van der Waals surface area contributed by atoms with Crippen molar-refractivity contribution in [2.75, 3.05) is 17.1 Å². The van der Waals surface area contributed by atoms with Crippen molar-refractivity contribution in [3.05, 3.63) is 42.5 Å². The lowest BCUT2D eigenvalue weighted by molar-refractivity contribution is -0.119. The molecule has 0 aliphatic heterocycles. The highest BCUT2D eigenvalue weighted by atomic mass is 32.2. The molecule has 1 amide bonds. The van der Waals surface area contributed by atoms with E-state index in [9.17, 15) is 13.2 Å². The van der Waals surface area contributed by atoms with Crippen LogP contribution in [0.15, 0.2) is 47.6 Å². The summed E-state index contributed by atoms with van der Waals surface area (Å²) in [4.78, 5) is 12.4. The SMILES string of the molecule is CS(=O)(=O)N(CC(=O)NN=C1CCCCCC1)c1cccc2ccccc12. The molecular weight excluding hydrogens is 362 g/mol. The third-order valence-corrected chi connectivity index (χ3v) is 5.87. The van der Waals surface area contributed by atoms with Gasteiger partial charge in [0.15, 0.2) is 0 Å². The fourth-order valence-electron chi connectivity index (χ4n) is 3.36. The highest BCUT2D eigenvalue weighted by Gasteiger charge is 2.22. The average Bonchev–Trinajstić information content (AvgIpc) is 2.92. The Bertz CT molecular complexity index is 939. The predicted molar refractivity (Wildman–Crippen MR) is 109 cm³/mol. The molecule has 1 fully saturated rings. The zero-order valence-electron chi connectivity index (χ0n) is 15.5. The first-order valence-electron chi connectivity index (χ1n) is 9.25. The first-order chi connectivity index (χ1) is 12.9. The molecule has 2 aromatic rings. The molecule has 1 aliphatic rings. The molecule has 0 atom stereocenters. The van der Waals surface area contributed by atoms with Gasteiger partial charge in [-0.2, -0.15) is 5.10 Å². The van der Waals surface area contributed by atoms with E-state index in [1.54, 1.807) is 12.1 Å². The predicted octanol–water partition coefficient (Wildman–Crippen LogP) is 3.43. The summed E-state index contributed by atoms with van der Waals surface area (Å²) in [5, 5.41) is 5.93. The first kappa shape index (κ1) is 19.4. The Morgan fingerprint density at radius 3 is 2.41 bits per heavy atom. The summed E-state index contributed by atoms with van der Waals surface area (Å²) in [6.07, 6.45) is 7.43. The normalized spacial score (nSPS) is 15.2. The van der Waals surface area contributed by atoms with Gasteiger partial charge in [-0.1, -0.05) is 49.2 Å². The van der Waals surface area contributed by atoms with Crippen LogP contribution in [0.3, 0.4) is 0 Å². The Kier molecular flexibility index (Phi) is 6.11. The molecule has 0 radical (unpaired) electrons. The summed E-state index contributed by atoms with van der Waals surface area (Å²) in [6, 6.07) is 12.9. The summed E-state index contributed by atoms with van der Waals surface area (Å²) < 4.78 is 25.9. The number of carbonyl (C=O) groups excluding carboxylic acids is 1. The monoisotopic (exact) mass is 387 g/mol. The van der Waals surface area contributed by atoms with Gasteiger partial charge in [0.1, 0.15) is 6.54 Å². The lowest BCUT2D eigenvalue weighted by Crippen LogP contribution is -2.39. The largest absolute Gasteiger partial charge is 0.271 e. The molecule has 3 rings (SSSR count). The zero-order valence-corrected chi connectivity index (χ0v) is 16.3. The Hall–Kier alpha value is -2.41. The summed E-state index contributed by atoms with van der Waals surface area (Å²) >= 11 is 0. The van der Waals surface area contributed by atoms with Crippen molar-refractivity contribution < 1.29 is 13.2 Å². The minimum atomic E-state index is -3.63. The Balaban J connectivity index is 1.81. The second kappa shape index (κ2) is 8.52. The van der Waals surface area contributed by atoms with Crippen LogP contribution in [0, 0.1) is 0 Å². The van der Waals surface area contributed by atoms with E-state index in [0.717, 1.165) is 52.7 Å².